The molecule has 5 heteroatoms. The van der Waals surface area contributed by atoms with E-state index in [-0.39, 0.29) is 29.3 Å². The van der Waals surface area contributed by atoms with Crippen LogP contribution >= 0.6 is 0 Å². The van der Waals surface area contributed by atoms with E-state index >= 15 is 0 Å². The van der Waals surface area contributed by atoms with Crippen molar-refractivity contribution in [2.75, 3.05) is 0 Å². The van der Waals surface area contributed by atoms with Crippen molar-refractivity contribution in [3.63, 3.8) is 0 Å². The minimum absolute atomic E-state index is 0.0401. The highest BCUT2D eigenvalue weighted by molar-refractivity contribution is 5.70. The molecule has 0 saturated carbocycles. The van der Waals surface area contributed by atoms with E-state index in [0.29, 0.717) is 12.8 Å². The highest BCUT2D eigenvalue weighted by Gasteiger charge is 2.42. The van der Waals surface area contributed by atoms with Crippen LogP contribution in [0.15, 0.2) is 0 Å². The first kappa shape index (κ1) is 19.9. The molecule has 23 heavy (non-hydrogen) atoms. The summed E-state index contributed by atoms with van der Waals surface area (Å²) in [6, 6.07) is 0. The Hall–Kier alpha value is -1.10. The second-order valence-electron chi connectivity index (χ2n) is 8.35. The van der Waals surface area contributed by atoms with Gasteiger partial charge in [-0.15, -0.1) is 0 Å². The van der Waals surface area contributed by atoms with Crippen molar-refractivity contribution in [2.24, 2.45) is 11.8 Å². The molecular weight excluding hydrogens is 294 g/mol. The Morgan fingerprint density at radius 1 is 1.00 bits per heavy atom. The van der Waals surface area contributed by atoms with Crippen LogP contribution < -0.4 is 5.32 Å². The molecule has 0 bridgehead atoms. The van der Waals surface area contributed by atoms with Gasteiger partial charge in [0.05, 0.1) is 5.92 Å². The van der Waals surface area contributed by atoms with Crippen LogP contribution in [0.5, 0.6) is 0 Å². The molecule has 0 aromatic heterocycles. The lowest BCUT2D eigenvalue weighted by atomic mass is 9.69. The first-order valence-corrected chi connectivity index (χ1v) is 8.76. The van der Waals surface area contributed by atoms with E-state index in [1.54, 1.807) is 0 Å². The molecule has 0 amide bonds. The van der Waals surface area contributed by atoms with E-state index in [1.165, 1.54) is 0 Å². The second kappa shape index (κ2) is 8.13. The Morgan fingerprint density at radius 2 is 1.52 bits per heavy atom. The third-order valence-electron chi connectivity index (χ3n) is 4.76. The fraction of sp³-hybridized carbons (Fsp3) is 0.889. The van der Waals surface area contributed by atoms with E-state index in [0.717, 1.165) is 32.1 Å². The molecule has 1 aliphatic rings. The van der Waals surface area contributed by atoms with Crippen molar-refractivity contribution in [1.29, 1.82) is 0 Å². The molecule has 3 N–H and O–H groups in total. The summed E-state index contributed by atoms with van der Waals surface area (Å²) in [5.74, 6) is -1.55. The van der Waals surface area contributed by atoms with Gasteiger partial charge in [0, 0.05) is 17.5 Å². The van der Waals surface area contributed by atoms with Gasteiger partial charge in [0.15, 0.2) is 0 Å². The molecule has 1 saturated heterocycles. The van der Waals surface area contributed by atoms with Gasteiger partial charge in [0.25, 0.3) is 0 Å². The minimum atomic E-state index is -0.757. The maximum atomic E-state index is 11.7. The zero-order valence-corrected chi connectivity index (χ0v) is 15.0. The molecule has 1 atom stereocenters. The molecule has 1 fully saturated rings. The summed E-state index contributed by atoms with van der Waals surface area (Å²) < 4.78 is 0. The van der Waals surface area contributed by atoms with E-state index in [2.05, 4.69) is 33.0 Å². The van der Waals surface area contributed by atoms with Gasteiger partial charge in [0.2, 0.25) is 0 Å². The number of carboxylic acid groups (broad SMARTS) is 2. The summed E-state index contributed by atoms with van der Waals surface area (Å²) in [6.45, 7) is 8.58. The van der Waals surface area contributed by atoms with Crippen LogP contribution in [-0.4, -0.2) is 33.2 Å². The third kappa shape index (κ3) is 7.34. The lowest BCUT2D eigenvalue weighted by Crippen LogP contribution is -2.59. The Balaban J connectivity index is 2.51. The molecule has 1 unspecified atom stereocenters. The number of piperidine rings is 1. The summed E-state index contributed by atoms with van der Waals surface area (Å²) in [5, 5.41) is 21.9. The zero-order chi connectivity index (χ0) is 17.7. The summed E-state index contributed by atoms with van der Waals surface area (Å²) in [4.78, 5) is 22.2. The predicted molar refractivity (Wildman–Crippen MR) is 90.5 cm³/mol. The van der Waals surface area contributed by atoms with Gasteiger partial charge in [-0.25, -0.2) is 0 Å². The van der Waals surface area contributed by atoms with Gasteiger partial charge in [-0.1, -0.05) is 19.3 Å². The van der Waals surface area contributed by atoms with Crippen LogP contribution in [0.1, 0.15) is 79.1 Å². The summed E-state index contributed by atoms with van der Waals surface area (Å²) in [6.07, 6.45) is 5.98. The number of aliphatic carboxylic acids is 2. The Kier molecular flexibility index (Phi) is 7.05. The quantitative estimate of drug-likeness (QED) is 0.562. The highest BCUT2D eigenvalue weighted by atomic mass is 16.4. The van der Waals surface area contributed by atoms with E-state index < -0.39 is 11.9 Å². The van der Waals surface area contributed by atoms with Crippen molar-refractivity contribution in [3.8, 4) is 0 Å². The lowest BCUT2D eigenvalue weighted by Gasteiger charge is -2.48. The predicted octanol–water partition coefficient (Wildman–Crippen LogP) is 3.67. The number of carbonyl (C=O) groups is 2. The molecule has 0 aromatic rings. The van der Waals surface area contributed by atoms with Gasteiger partial charge in [-0.2, -0.15) is 0 Å². The normalized spacial score (nSPS) is 21.7. The number of unbranched alkanes of at least 4 members (excludes halogenated alkanes) is 3. The van der Waals surface area contributed by atoms with Gasteiger partial charge < -0.3 is 15.5 Å². The van der Waals surface area contributed by atoms with Gasteiger partial charge in [-0.3, -0.25) is 9.59 Å². The fourth-order valence-corrected chi connectivity index (χ4v) is 4.24. The average molecular weight is 327 g/mol. The van der Waals surface area contributed by atoms with Crippen molar-refractivity contribution >= 4 is 11.9 Å². The number of hydrogen-bond donors (Lipinski definition) is 3. The van der Waals surface area contributed by atoms with Crippen LogP contribution in [0, 0.1) is 11.8 Å². The molecule has 0 spiro atoms. The first-order chi connectivity index (χ1) is 10.5. The number of nitrogens with one attached hydrogen (secondary N) is 1. The maximum Gasteiger partial charge on any atom is 0.306 e. The number of rotatable bonds is 9. The summed E-state index contributed by atoms with van der Waals surface area (Å²) in [7, 11) is 0. The van der Waals surface area contributed by atoms with Crippen LogP contribution in [0.4, 0.5) is 0 Å². The Labute approximate surface area is 139 Å². The SMILES string of the molecule is CC1(C)CC(C(CCCCCCC(=O)O)C(=O)O)CC(C)(C)N1. The maximum absolute atomic E-state index is 11.7. The average Bonchev–Trinajstić information content (AvgIpc) is 2.32. The largest absolute Gasteiger partial charge is 0.481 e. The number of carboxylic acids is 2. The molecular formula is C18H33NO4. The second-order valence-corrected chi connectivity index (χ2v) is 8.35. The fourth-order valence-electron chi connectivity index (χ4n) is 4.24. The molecule has 0 aliphatic carbocycles. The van der Waals surface area contributed by atoms with Crippen molar-refractivity contribution in [1.82, 2.24) is 5.32 Å². The van der Waals surface area contributed by atoms with Crippen LogP contribution in [-0.2, 0) is 9.59 Å². The Bertz CT molecular complexity index is 401. The zero-order valence-electron chi connectivity index (χ0n) is 15.0. The lowest BCUT2D eigenvalue weighted by molar-refractivity contribution is -0.145. The highest BCUT2D eigenvalue weighted by Crippen LogP contribution is 2.38. The topological polar surface area (TPSA) is 86.6 Å². The molecule has 0 radical (unpaired) electrons. The van der Waals surface area contributed by atoms with Crippen molar-refractivity contribution in [2.45, 2.75) is 90.1 Å². The van der Waals surface area contributed by atoms with Gasteiger partial charge in [0.1, 0.15) is 0 Å². The van der Waals surface area contributed by atoms with Crippen LogP contribution in [0.2, 0.25) is 0 Å². The monoisotopic (exact) mass is 327 g/mol. The smallest absolute Gasteiger partial charge is 0.306 e. The first-order valence-electron chi connectivity index (χ1n) is 8.76. The van der Waals surface area contributed by atoms with Gasteiger partial charge >= 0.3 is 11.9 Å². The Morgan fingerprint density at radius 3 is 2.00 bits per heavy atom. The van der Waals surface area contributed by atoms with Crippen LogP contribution in [0.3, 0.4) is 0 Å². The molecule has 134 valence electrons. The third-order valence-corrected chi connectivity index (χ3v) is 4.76. The van der Waals surface area contributed by atoms with Crippen molar-refractivity contribution in [3.05, 3.63) is 0 Å². The van der Waals surface area contributed by atoms with E-state index in [1.807, 2.05) is 0 Å². The molecule has 0 aromatic carbocycles. The summed E-state index contributed by atoms with van der Waals surface area (Å²) >= 11 is 0. The van der Waals surface area contributed by atoms with E-state index in [4.69, 9.17) is 5.11 Å². The molecule has 1 aliphatic heterocycles. The van der Waals surface area contributed by atoms with Crippen LogP contribution in [0.25, 0.3) is 0 Å². The summed E-state index contributed by atoms with van der Waals surface area (Å²) in [5.41, 5.74) is -0.0802. The minimum Gasteiger partial charge on any atom is -0.481 e. The molecule has 1 heterocycles. The van der Waals surface area contributed by atoms with Crippen molar-refractivity contribution < 1.29 is 19.8 Å². The molecule has 1 rings (SSSR count). The van der Waals surface area contributed by atoms with Gasteiger partial charge in [-0.05, 0) is 59.3 Å². The number of hydrogen-bond acceptors (Lipinski definition) is 3. The molecule has 5 nitrogen and oxygen atoms in total. The van der Waals surface area contributed by atoms with E-state index in [9.17, 15) is 14.7 Å². The standard InChI is InChI=1S/C18H33NO4/c1-17(2)11-13(12-18(3,4)19-17)14(16(22)23)9-7-5-6-8-10-15(20)21/h13-14,19H,5-12H2,1-4H3,(H,20,21)(H,22,23).